The van der Waals surface area contributed by atoms with Crippen LogP contribution < -0.4 is 0 Å². The maximum Gasteiger partial charge on any atom is 0.213 e. The van der Waals surface area contributed by atoms with Crippen LogP contribution >= 0.6 is 11.3 Å². The van der Waals surface area contributed by atoms with Crippen LogP contribution in [0.2, 0.25) is 0 Å². The van der Waals surface area contributed by atoms with Crippen LogP contribution in [0.4, 0.5) is 0 Å². The van der Waals surface area contributed by atoms with Crippen molar-refractivity contribution >= 4 is 97.1 Å². The molecule has 4 heterocycles. The number of para-hydroxylation sites is 1. The fraction of sp³-hybridized carbons (Fsp3) is 0. The summed E-state index contributed by atoms with van der Waals surface area (Å²) >= 11 is 1.87. The minimum atomic E-state index is 0.873. The number of hydrogen-bond donors (Lipinski definition) is 0. The van der Waals surface area contributed by atoms with Gasteiger partial charge in [0.15, 0.2) is 0 Å². The molecule has 0 N–H and O–H groups in total. The Labute approximate surface area is 301 Å². The normalized spacial score (nSPS) is 12.2. The SMILES string of the molecule is c1ccc2cc(-n3c4ccc(-c5ccc6c(c5)c5c7ccccc7sc5n6-c5ccc6ccccc6c5)cc4c4c5ccccc5oc43)ccc2c1. The van der Waals surface area contributed by atoms with Gasteiger partial charge in [0.25, 0.3) is 0 Å². The standard InChI is InChI=1S/C48H28N2OS/c1-3-11-31-25-35(21-17-29(31)9-1)49-41-23-19-33(27-39(41)45-37-13-5-7-15-43(37)51-47(45)49)34-20-24-42-40(28-34)46-38-14-6-8-16-44(38)52-48(46)50(42)36-22-18-30-10-2-4-12-32(30)26-36/h1-28H. The number of benzene rings is 8. The molecule has 0 spiro atoms. The fourth-order valence-electron chi connectivity index (χ4n) is 8.49. The summed E-state index contributed by atoms with van der Waals surface area (Å²) in [6, 6.07) is 61.7. The van der Waals surface area contributed by atoms with Crippen LogP contribution in [0.25, 0.3) is 108 Å². The topological polar surface area (TPSA) is 23.0 Å². The monoisotopic (exact) mass is 680 g/mol. The van der Waals surface area contributed by atoms with E-state index in [0.717, 1.165) is 33.3 Å². The molecule has 0 aliphatic heterocycles. The predicted molar refractivity (Wildman–Crippen MR) is 221 cm³/mol. The zero-order valence-electron chi connectivity index (χ0n) is 27.9. The maximum absolute atomic E-state index is 6.65. The fourth-order valence-corrected chi connectivity index (χ4v) is 9.74. The van der Waals surface area contributed by atoms with E-state index in [4.69, 9.17) is 4.42 Å². The van der Waals surface area contributed by atoms with Crippen LogP contribution in [0.15, 0.2) is 174 Å². The first-order valence-corrected chi connectivity index (χ1v) is 18.5. The minimum Gasteiger partial charge on any atom is -0.439 e. The lowest BCUT2D eigenvalue weighted by atomic mass is 10.00. The molecular weight excluding hydrogens is 653 g/mol. The van der Waals surface area contributed by atoms with E-state index >= 15 is 0 Å². The van der Waals surface area contributed by atoms with E-state index in [2.05, 4.69) is 173 Å². The quantitative estimate of drug-likeness (QED) is 0.182. The number of fused-ring (bicyclic) bond motifs is 12. The number of rotatable bonds is 3. The number of aromatic nitrogens is 2. The predicted octanol–water partition coefficient (Wildman–Crippen LogP) is 13.8. The average Bonchev–Trinajstić information content (AvgIpc) is 3.93. The Balaban J connectivity index is 1.11. The summed E-state index contributed by atoms with van der Waals surface area (Å²) in [5.74, 6) is 0. The number of nitrogens with zero attached hydrogens (tertiary/aromatic N) is 2. The Kier molecular flexibility index (Phi) is 5.65. The molecule has 8 aromatic carbocycles. The molecule has 242 valence electrons. The molecule has 0 amide bonds. The molecule has 0 saturated heterocycles. The van der Waals surface area contributed by atoms with Crippen LogP contribution in [0.1, 0.15) is 0 Å². The van der Waals surface area contributed by atoms with Crippen molar-refractivity contribution in [2.75, 3.05) is 0 Å². The molecule has 12 aromatic rings. The van der Waals surface area contributed by atoms with Crippen LogP contribution in [0, 0.1) is 0 Å². The summed E-state index contributed by atoms with van der Waals surface area (Å²) in [6.07, 6.45) is 0. The maximum atomic E-state index is 6.65. The van der Waals surface area contributed by atoms with Crippen molar-refractivity contribution in [3.63, 3.8) is 0 Å². The molecule has 0 bridgehead atoms. The number of hydrogen-bond acceptors (Lipinski definition) is 2. The molecular formula is C48H28N2OS. The molecule has 0 aliphatic carbocycles. The lowest BCUT2D eigenvalue weighted by Gasteiger charge is -2.10. The van der Waals surface area contributed by atoms with Gasteiger partial charge >= 0.3 is 0 Å². The Morgan fingerprint density at radius 3 is 1.67 bits per heavy atom. The highest BCUT2D eigenvalue weighted by Crippen LogP contribution is 2.45. The lowest BCUT2D eigenvalue weighted by molar-refractivity contribution is 0.645. The summed E-state index contributed by atoms with van der Waals surface area (Å²) < 4.78 is 12.7. The summed E-state index contributed by atoms with van der Waals surface area (Å²) in [5.41, 5.74) is 8.78. The van der Waals surface area contributed by atoms with Gasteiger partial charge in [0.05, 0.1) is 16.4 Å². The van der Waals surface area contributed by atoms with Gasteiger partial charge < -0.3 is 8.98 Å². The van der Waals surface area contributed by atoms with E-state index in [0.29, 0.717) is 0 Å². The van der Waals surface area contributed by atoms with E-state index in [1.54, 1.807) is 0 Å². The largest absolute Gasteiger partial charge is 0.439 e. The molecule has 52 heavy (non-hydrogen) atoms. The summed E-state index contributed by atoms with van der Waals surface area (Å²) in [5, 5.41) is 12.3. The van der Waals surface area contributed by atoms with Gasteiger partial charge in [-0.25, -0.2) is 0 Å². The van der Waals surface area contributed by atoms with E-state index in [1.165, 1.54) is 75.0 Å². The first-order chi connectivity index (χ1) is 25.8. The highest BCUT2D eigenvalue weighted by atomic mass is 32.1. The highest BCUT2D eigenvalue weighted by Gasteiger charge is 2.22. The second-order valence-corrected chi connectivity index (χ2v) is 14.8. The lowest BCUT2D eigenvalue weighted by Crippen LogP contribution is -1.93. The first kappa shape index (κ1) is 28.1. The van der Waals surface area contributed by atoms with Crippen molar-refractivity contribution in [2.45, 2.75) is 0 Å². The van der Waals surface area contributed by atoms with Gasteiger partial charge in [-0.2, -0.15) is 0 Å². The highest BCUT2D eigenvalue weighted by molar-refractivity contribution is 7.25. The van der Waals surface area contributed by atoms with E-state index in [9.17, 15) is 0 Å². The second kappa shape index (κ2) is 10.5. The van der Waals surface area contributed by atoms with Crippen LogP contribution in [-0.4, -0.2) is 9.13 Å². The van der Waals surface area contributed by atoms with Crippen LogP contribution in [-0.2, 0) is 0 Å². The number of furan rings is 1. The third-order valence-electron chi connectivity index (χ3n) is 10.9. The summed E-state index contributed by atoms with van der Waals surface area (Å²) in [7, 11) is 0. The van der Waals surface area contributed by atoms with Gasteiger partial charge in [0.1, 0.15) is 10.4 Å². The van der Waals surface area contributed by atoms with Gasteiger partial charge in [0, 0.05) is 43.0 Å². The third-order valence-corrected chi connectivity index (χ3v) is 12.0. The van der Waals surface area contributed by atoms with Crippen molar-refractivity contribution in [1.82, 2.24) is 9.13 Å². The third kappa shape index (κ3) is 3.90. The van der Waals surface area contributed by atoms with Crippen molar-refractivity contribution in [2.24, 2.45) is 0 Å². The van der Waals surface area contributed by atoms with Crippen molar-refractivity contribution in [3.05, 3.63) is 170 Å². The van der Waals surface area contributed by atoms with Crippen molar-refractivity contribution in [3.8, 4) is 22.5 Å². The van der Waals surface area contributed by atoms with Crippen molar-refractivity contribution in [1.29, 1.82) is 0 Å². The Hall–Kier alpha value is -6.62. The van der Waals surface area contributed by atoms with E-state index < -0.39 is 0 Å². The molecule has 0 fully saturated rings. The molecule has 4 aromatic heterocycles. The molecule has 0 aliphatic rings. The van der Waals surface area contributed by atoms with Crippen LogP contribution in [0.3, 0.4) is 0 Å². The molecule has 4 heteroatoms. The molecule has 0 saturated carbocycles. The van der Waals surface area contributed by atoms with E-state index in [-0.39, 0.29) is 0 Å². The average molecular weight is 681 g/mol. The van der Waals surface area contributed by atoms with Crippen LogP contribution in [0.5, 0.6) is 0 Å². The van der Waals surface area contributed by atoms with Gasteiger partial charge in [-0.3, -0.25) is 4.57 Å². The number of thiophene rings is 1. The van der Waals surface area contributed by atoms with E-state index in [1.807, 2.05) is 17.4 Å². The summed E-state index contributed by atoms with van der Waals surface area (Å²) in [4.78, 5) is 1.28. The van der Waals surface area contributed by atoms with Gasteiger partial charge in [0.2, 0.25) is 5.71 Å². The van der Waals surface area contributed by atoms with Crippen molar-refractivity contribution < 1.29 is 4.42 Å². The Bertz CT molecular complexity index is 3200. The first-order valence-electron chi connectivity index (χ1n) is 17.7. The minimum absolute atomic E-state index is 0.873. The van der Waals surface area contributed by atoms with Gasteiger partial charge in [-0.1, -0.05) is 109 Å². The Morgan fingerprint density at radius 1 is 0.404 bits per heavy atom. The molecule has 3 nitrogen and oxygen atoms in total. The zero-order valence-corrected chi connectivity index (χ0v) is 28.7. The second-order valence-electron chi connectivity index (χ2n) is 13.8. The smallest absolute Gasteiger partial charge is 0.213 e. The summed E-state index contributed by atoms with van der Waals surface area (Å²) in [6.45, 7) is 0. The van der Waals surface area contributed by atoms with Gasteiger partial charge in [-0.15, -0.1) is 11.3 Å². The molecule has 0 unspecified atom stereocenters. The Morgan fingerprint density at radius 2 is 0.962 bits per heavy atom. The molecule has 0 atom stereocenters. The molecule has 0 radical (unpaired) electrons. The molecule has 12 rings (SSSR count). The van der Waals surface area contributed by atoms with Gasteiger partial charge in [-0.05, 0) is 93.3 Å². The zero-order chi connectivity index (χ0) is 33.9.